The van der Waals surface area contributed by atoms with E-state index < -0.39 is 22.4 Å². The first-order valence-electron chi connectivity index (χ1n) is 6.82. The second-order valence-corrected chi connectivity index (χ2v) is 7.03. The number of rotatable bonds is 5. The van der Waals surface area contributed by atoms with Gasteiger partial charge in [0, 0.05) is 18.7 Å². The molecule has 0 spiro atoms. The van der Waals surface area contributed by atoms with Crippen molar-refractivity contribution in [3.8, 4) is 0 Å². The van der Waals surface area contributed by atoms with Gasteiger partial charge in [-0.05, 0) is 43.9 Å². The molecule has 0 aliphatic heterocycles. The highest BCUT2D eigenvalue weighted by Gasteiger charge is 2.30. The maximum absolute atomic E-state index is 13.8. The molecule has 2 N–H and O–H groups in total. The Morgan fingerprint density at radius 3 is 2.71 bits per heavy atom. The van der Waals surface area contributed by atoms with Crippen molar-refractivity contribution in [1.29, 1.82) is 0 Å². The molecule has 1 aliphatic carbocycles. The maximum atomic E-state index is 13.8. The zero-order valence-electron chi connectivity index (χ0n) is 12.1. The lowest BCUT2D eigenvalue weighted by Crippen LogP contribution is -2.34. The molecule has 5 nitrogen and oxygen atoms in total. The monoisotopic (exact) mass is 317 g/mol. The molecule has 1 saturated carbocycles. The molecular weight excluding hydrogens is 297 g/mol. The summed E-state index contributed by atoms with van der Waals surface area (Å²) in [6.45, 7) is 1.01. The zero-order chi connectivity index (χ0) is 15.6. The van der Waals surface area contributed by atoms with Crippen LogP contribution in [0.3, 0.4) is 0 Å². The predicted octanol–water partition coefficient (Wildman–Crippen LogP) is 1.47. The molecular formula is C14H20FNO4S. The van der Waals surface area contributed by atoms with E-state index in [2.05, 4.69) is 4.72 Å². The molecule has 2 rings (SSSR count). The number of sulfonamides is 1. The second-order valence-electron chi connectivity index (χ2n) is 5.35. The first kappa shape index (κ1) is 16.4. The Morgan fingerprint density at radius 2 is 2.14 bits per heavy atom. The smallest absolute Gasteiger partial charge is 0.241 e. The van der Waals surface area contributed by atoms with Gasteiger partial charge in [-0.25, -0.2) is 17.5 Å². The SMILES string of the molecule is COC1CCC(NS(=O)(=O)c2cc(CO)cc(F)c2C)C1. The van der Waals surface area contributed by atoms with Crippen LogP contribution < -0.4 is 4.72 Å². The van der Waals surface area contributed by atoms with Crippen LogP contribution in [0.15, 0.2) is 17.0 Å². The average molecular weight is 317 g/mol. The largest absolute Gasteiger partial charge is 0.392 e. The number of aliphatic hydroxyl groups is 1. The second kappa shape index (κ2) is 6.39. The molecule has 7 heteroatoms. The number of hydrogen-bond acceptors (Lipinski definition) is 4. The third-order valence-electron chi connectivity index (χ3n) is 3.87. The lowest BCUT2D eigenvalue weighted by molar-refractivity contribution is 0.107. The zero-order valence-corrected chi connectivity index (χ0v) is 12.9. The van der Waals surface area contributed by atoms with Crippen molar-refractivity contribution in [2.75, 3.05) is 7.11 Å². The molecule has 1 fully saturated rings. The van der Waals surface area contributed by atoms with Crippen LogP contribution in [-0.4, -0.2) is 32.8 Å². The van der Waals surface area contributed by atoms with Gasteiger partial charge in [0.1, 0.15) is 5.82 Å². The summed E-state index contributed by atoms with van der Waals surface area (Å²) in [7, 11) is -2.21. The van der Waals surface area contributed by atoms with Crippen molar-refractivity contribution >= 4 is 10.0 Å². The molecule has 2 unspecified atom stereocenters. The van der Waals surface area contributed by atoms with E-state index in [0.29, 0.717) is 12.8 Å². The van der Waals surface area contributed by atoms with Crippen LogP contribution in [0.5, 0.6) is 0 Å². The quantitative estimate of drug-likeness (QED) is 0.862. The van der Waals surface area contributed by atoms with Crippen molar-refractivity contribution in [3.63, 3.8) is 0 Å². The Balaban J connectivity index is 2.26. The molecule has 0 bridgehead atoms. The highest BCUT2D eigenvalue weighted by Crippen LogP contribution is 2.25. The highest BCUT2D eigenvalue weighted by molar-refractivity contribution is 7.89. The van der Waals surface area contributed by atoms with Crippen molar-refractivity contribution < 1.29 is 22.7 Å². The molecule has 0 amide bonds. The van der Waals surface area contributed by atoms with Crippen molar-refractivity contribution in [3.05, 3.63) is 29.1 Å². The first-order chi connectivity index (χ1) is 9.87. The molecule has 21 heavy (non-hydrogen) atoms. The molecule has 0 radical (unpaired) electrons. The summed E-state index contributed by atoms with van der Waals surface area (Å²) in [6.07, 6.45) is 2.16. The van der Waals surface area contributed by atoms with Crippen molar-refractivity contribution in [2.45, 2.75) is 49.8 Å². The third-order valence-corrected chi connectivity index (χ3v) is 5.51. The average Bonchev–Trinajstić information content (AvgIpc) is 2.88. The van der Waals surface area contributed by atoms with E-state index in [1.165, 1.54) is 13.0 Å². The Bertz CT molecular complexity index is 618. The van der Waals surface area contributed by atoms with Gasteiger partial charge in [-0.2, -0.15) is 0 Å². The lowest BCUT2D eigenvalue weighted by Gasteiger charge is -2.16. The number of nitrogens with one attached hydrogen (secondary N) is 1. The van der Waals surface area contributed by atoms with Crippen LogP contribution in [0.1, 0.15) is 30.4 Å². The van der Waals surface area contributed by atoms with Gasteiger partial charge in [-0.1, -0.05) is 0 Å². The summed E-state index contributed by atoms with van der Waals surface area (Å²) in [5, 5.41) is 9.10. The molecule has 0 heterocycles. The van der Waals surface area contributed by atoms with Gasteiger partial charge in [0.2, 0.25) is 10.0 Å². The number of methoxy groups -OCH3 is 1. The Labute approximate surface area is 124 Å². The lowest BCUT2D eigenvalue weighted by atomic mass is 10.1. The van der Waals surface area contributed by atoms with Crippen LogP contribution in [-0.2, 0) is 21.4 Å². The van der Waals surface area contributed by atoms with Crippen molar-refractivity contribution in [2.24, 2.45) is 0 Å². The highest BCUT2D eigenvalue weighted by atomic mass is 32.2. The Kier molecular flexibility index (Phi) is 4.98. The van der Waals surface area contributed by atoms with Gasteiger partial charge < -0.3 is 9.84 Å². The number of aliphatic hydroxyl groups excluding tert-OH is 1. The van der Waals surface area contributed by atoms with Crippen LogP contribution in [0.4, 0.5) is 4.39 Å². The summed E-state index contributed by atoms with van der Waals surface area (Å²) in [5.74, 6) is -0.636. The molecule has 1 aliphatic rings. The van der Waals surface area contributed by atoms with Gasteiger partial charge in [0.05, 0.1) is 17.6 Å². The van der Waals surface area contributed by atoms with E-state index >= 15 is 0 Å². The Hall–Kier alpha value is -1.02. The van der Waals surface area contributed by atoms with Crippen LogP contribution in [0.2, 0.25) is 0 Å². The van der Waals surface area contributed by atoms with Crippen molar-refractivity contribution in [1.82, 2.24) is 4.72 Å². The summed E-state index contributed by atoms with van der Waals surface area (Å²) < 4.78 is 46.4. The molecule has 0 aromatic heterocycles. The summed E-state index contributed by atoms with van der Waals surface area (Å²) in [5.41, 5.74) is 0.292. The maximum Gasteiger partial charge on any atom is 0.241 e. The molecule has 0 saturated heterocycles. The van der Waals surface area contributed by atoms with E-state index in [-0.39, 0.29) is 28.2 Å². The van der Waals surface area contributed by atoms with E-state index in [1.54, 1.807) is 7.11 Å². The van der Waals surface area contributed by atoms with E-state index in [4.69, 9.17) is 9.84 Å². The molecule has 2 atom stereocenters. The first-order valence-corrected chi connectivity index (χ1v) is 8.30. The van der Waals surface area contributed by atoms with Crippen LogP contribution in [0, 0.1) is 12.7 Å². The molecule has 118 valence electrons. The number of ether oxygens (including phenoxy) is 1. The molecule has 1 aromatic rings. The minimum Gasteiger partial charge on any atom is -0.392 e. The minimum atomic E-state index is -3.82. The molecule has 1 aromatic carbocycles. The number of benzene rings is 1. The summed E-state index contributed by atoms with van der Waals surface area (Å²) >= 11 is 0. The third kappa shape index (κ3) is 3.60. The summed E-state index contributed by atoms with van der Waals surface area (Å²) in [4.78, 5) is -0.118. The fourth-order valence-corrected chi connectivity index (χ4v) is 4.21. The fraction of sp³-hybridized carbons (Fsp3) is 0.571. The van der Waals surface area contributed by atoms with Gasteiger partial charge >= 0.3 is 0 Å². The van der Waals surface area contributed by atoms with Gasteiger partial charge in [-0.3, -0.25) is 0 Å². The fourth-order valence-electron chi connectivity index (χ4n) is 2.62. The summed E-state index contributed by atoms with van der Waals surface area (Å²) in [6, 6.07) is 2.24. The van der Waals surface area contributed by atoms with E-state index in [9.17, 15) is 12.8 Å². The van der Waals surface area contributed by atoms with E-state index in [0.717, 1.165) is 12.5 Å². The number of halogens is 1. The topological polar surface area (TPSA) is 75.6 Å². The number of hydrogen-bond donors (Lipinski definition) is 2. The minimum absolute atomic E-state index is 0.0549. The van der Waals surface area contributed by atoms with Gasteiger partial charge in [-0.15, -0.1) is 0 Å². The normalized spacial score (nSPS) is 22.7. The van der Waals surface area contributed by atoms with Crippen LogP contribution in [0.25, 0.3) is 0 Å². The Morgan fingerprint density at radius 1 is 1.43 bits per heavy atom. The van der Waals surface area contributed by atoms with Crippen LogP contribution >= 0.6 is 0 Å². The van der Waals surface area contributed by atoms with Gasteiger partial charge in [0.25, 0.3) is 0 Å². The standard InChI is InChI=1S/C14H20FNO4S/c1-9-13(15)5-10(8-17)6-14(9)21(18,19)16-11-3-4-12(7-11)20-2/h5-6,11-12,16-17H,3-4,7-8H2,1-2H3. The van der Waals surface area contributed by atoms with Gasteiger partial charge in [0.15, 0.2) is 0 Å². The predicted molar refractivity (Wildman–Crippen MR) is 75.8 cm³/mol. The van der Waals surface area contributed by atoms with E-state index in [1.807, 2.05) is 0 Å².